The molecule has 162 valence electrons. The van der Waals surface area contributed by atoms with E-state index in [0.717, 1.165) is 16.2 Å². The fourth-order valence-corrected chi connectivity index (χ4v) is 6.19. The normalized spacial score (nSPS) is 20.1. The molecule has 10 nitrogen and oxygen atoms in total. The maximum Gasteiger partial charge on any atom is 0.355 e. The number of esters is 1. The van der Waals surface area contributed by atoms with Gasteiger partial charge in [-0.1, -0.05) is 17.4 Å². The molecule has 0 radical (unpaired) electrons. The second-order valence-electron chi connectivity index (χ2n) is 6.62. The highest BCUT2D eigenvalue weighted by molar-refractivity contribution is 8.00. The molecule has 2 N–H and O–H groups in total. The van der Waals surface area contributed by atoms with Crippen LogP contribution in [0.3, 0.4) is 0 Å². The van der Waals surface area contributed by atoms with E-state index in [0.29, 0.717) is 21.5 Å². The second-order valence-corrected chi connectivity index (χ2v) is 9.74. The van der Waals surface area contributed by atoms with Gasteiger partial charge < -0.3 is 15.4 Å². The number of nitrogens with zero attached hydrogens (tertiary/aromatic N) is 3. The fourth-order valence-electron chi connectivity index (χ4n) is 3.21. The number of thioether (sulfide) groups is 1. The maximum absolute atomic E-state index is 12.9. The van der Waals surface area contributed by atoms with Crippen LogP contribution in [-0.4, -0.2) is 63.1 Å². The first kappa shape index (κ1) is 21.5. The number of nitrogens with one attached hydrogen (secondary N) is 2. The topological polar surface area (TPSA) is 131 Å². The fraction of sp³-hybridized carbons (Fsp3) is 0.333. The highest BCUT2D eigenvalue weighted by Gasteiger charge is 2.54. The number of aromatic nitrogens is 2. The van der Waals surface area contributed by atoms with Crippen LogP contribution in [0.1, 0.15) is 16.8 Å². The predicted molar refractivity (Wildman–Crippen MR) is 116 cm³/mol. The zero-order valence-electron chi connectivity index (χ0n) is 16.4. The molecule has 2 aliphatic heterocycles. The summed E-state index contributed by atoms with van der Waals surface area (Å²) in [6.45, 7) is 1.35. The van der Waals surface area contributed by atoms with E-state index < -0.39 is 17.4 Å². The van der Waals surface area contributed by atoms with E-state index >= 15 is 0 Å². The average molecular weight is 480 g/mol. The standard InChI is InChI=1S/C18H17N5O5S3/c1-8(24)19-18-22-21-14(31-18)10-7-30-16-12(15(26)23(16)13(10)17(27)28-2)20-11(25)6-9-4-3-5-29-9/h3-5,12,16H,6-7H2,1-2H3,(H,20,25)(H,19,22,24)/t12?,16-/m0/s1. The summed E-state index contributed by atoms with van der Waals surface area (Å²) in [5.74, 6) is -1.23. The lowest BCUT2D eigenvalue weighted by Crippen LogP contribution is -2.70. The molecule has 2 aromatic heterocycles. The van der Waals surface area contributed by atoms with Gasteiger partial charge in [0.2, 0.25) is 16.9 Å². The van der Waals surface area contributed by atoms with Crippen molar-refractivity contribution >= 4 is 68.8 Å². The minimum atomic E-state index is -0.719. The Bertz CT molecular complexity index is 1080. The number of fused-ring (bicyclic) bond motifs is 1. The van der Waals surface area contributed by atoms with Gasteiger partial charge in [0.25, 0.3) is 5.91 Å². The largest absolute Gasteiger partial charge is 0.464 e. The van der Waals surface area contributed by atoms with Gasteiger partial charge in [0.1, 0.15) is 22.1 Å². The minimum absolute atomic E-state index is 0.0885. The van der Waals surface area contributed by atoms with E-state index in [1.165, 1.54) is 42.0 Å². The average Bonchev–Trinajstić information content (AvgIpc) is 3.42. The summed E-state index contributed by atoms with van der Waals surface area (Å²) in [6.07, 6.45) is 0.195. The molecule has 4 heterocycles. The van der Waals surface area contributed by atoms with Crippen molar-refractivity contribution in [3.63, 3.8) is 0 Å². The van der Waals surface area contributed by atoms with Crippen molar-refractivity contribution in [2.24, 2.45) is 0 Å². The Labute approximate surface area is 189 Å². The second kappa shape index (κ2) is 8.77. The minimum Gasteiger partial charge on any atom is -0.464 e. The third kappa shape index (κ3) is 4.20. The third-order valence-corrected chi connectivity index (χ3v) is 7.60. The number of thiophene rings is 1. The summed E-state index contributed by atoms with van der Waals surface area (Å²) in [5, 5.41) is 15.4. The van der Waals surface area contributed by atoms with Gasteiger partial charge in [-0.3, -0.25) is 19.3 Å². The number of hydrogen-bond donors (Lipinski definition) is 2. The number of rotatable bonds is 6. The molecule has 0 aromatic carbocycles. The SMILES string of the molecule is COC(=O)C1=C(c2nnc(NC(C)=O)s2)CS[C@H]2C(NC(=O)Cc3cccs3)C(=O)N12. The monoisotopic (exact) mass is 479 g/mol. The van der Waals surface area contributed by atoms with E-state index in [9.17, 15) is 19.2 Å². The maximum atomic E-state index is 12.9. The number of methoxy groups -OCH3 is 1. The lowest BCUT2D eigenvalue weighted by molar-refractivity contribution is -0.151. The van der Waals surface area contributed by atoms with Crippen LogP contribution in [-0.2, 0) is 30.3 Å². The van der Waals surface area contributed by atoms with Crippen LogP contribution >= 0.6 is 34.4 Å². The Morgan fingerprint density at radius 1 is 1.32 bits per heavy atom. The van der Waals surface area contributed by atoms with Crippen LogP contribution in [0.4, 0.5) is 5.13 Å². The molecule has 13 heteroatoms. The Kier molecular flexibility index (Phi) is 6.07. The van der Waals surface area contributed by atoms with Gasteiger partial charge >= 0.3 is 5.97 Å². The zero-order valence-corrected chi connectivity index (χ0v) is 18.9. The van der Waals surface area contributed by atoms with Gasteiger partial charge in [-0.05, 0) is 11.4 Å². The van der Waals surface area contributed by atoms with Crippen LogP contribution in [0, 0.1) is 0 Å². The van der Waals surface area contributed by atoms with Gasteiger partial charge in [0.05, 0.1) is 13.5 Å². The molecule has 2 aromatic rings. The molecule has 1 unspecified atom stereocenters. The Hall–Kier alpha value is -2.77. The van der Waals surface area contributed by atoms with E-state index in [2.05, 4.69) is 20.8 Å². The third-order valence-electron chi connectivity index (χ3n) is 4.54. The van der Waals surface area contributed by atoms with Crippen LogP contribution < -0.4 is 10.6 Å². The van der Waals surface area contributed by atoms with Gasteiger partial charge in [0.15, 0.2) is 0 Å². The Morgan fingerprint density at radius 2 is 2.13 bits per heavy atom. The van der Waals surface area contributed by atoms with Crippen LogP contribution in [0.25, 0.3) is 5.57 Å². The van der Waals surface area contributed by atoms with Crippen molar-refractivity contribution in [2.45, 2.75) is 24.8 Å². The van der Waals surface area contributed by atoms with Crippen LogP contribution in [0.2, 0.25) is 0 Å². The first-order chi connectivity index (χ1) is 14.9. The molecule has 0 spiro atoms. The number of carbonyl (C=O) groups is 4. The molecule has 4 rings (SSSR count). The predicted octanol–water partition coefficient (Wildman–Crippen LogP) is 1.08. The number of anilines is 1. The molecule has 0 saturated carbocycles. The zero-order chi connectivity index (χ0) is 22.1. The van der Waals surface area contributed by atoms with Gasteiger partial charge in [-0.15, -0.1) is 33.3 Å². The van der Waals surface area contributed by atoms with Gasteiger partial charge in [-0.2, -0.15) is 0 Å². The van der Waals surface area contributed by atoms with Crippen molar-refractivity contribution in [1.29, 1.82) is 0 Å². The molecule has 2 aliphatic rings. The molecule has 1 fully saturated rings. The summed E-state index contributed by atoms with van der Waals surface area (Å²) >= 11 is 3.98. The van der Waals surface area contributed by atoms with Gasteiger partial charge in [-0.25, -0.2) is 4.79 Å². The van der Waals surface area contributed by atoms with Crippen LogP contribution in [0.15, 0.2) is 23.2 Å². The summed E-state index contributed by atoms with van der Waals surface area (Å²) in [6, 6.07) is 3.00. The van der Waals surface area contributed by atoms with Crippen LogP contribution in [0.5, 0.6) is 0 Å². The molecule has 31 heavy (non-hydrogen) atoms. The molecule has 1 saturated heterocycles. The summed E-state index contributed by atoms with van der Waals surface area (Å²) in [4.78, 5) is 51.2. The number of β-lactam (4-membered cyclic amide) rings is 1. The number of carbonyl (C=O) groups excluding carboxylic acids is 4. The first-order valence-corrected chi connectivity index (χ1v) is 11.8. The number of amides is 3. The van der Waals surface area contributed by atoms with E-state index in [1.54, 1.807) is 0 Å². The van der Waals surface area contributed by atoms with Crippen molar-refractivity contribution in [3.05, 3.63) is 33.1 Å². The number of hydrogen-bond acceptors (Lipinski definition) is 10. The van der Waals surface area contributed by atoms with Crippen molar-refractivity contribution in [1.82, 2.24) is 20.4 Å². The van der Waals surface area contributed by atoms with Crippen molar-refractivity contribution in [2.75, 3.05) is 18.2 Å². The smallest absolute Gasteiger partial charge is 0.355 e. The van der Waals surface area contributed by atoms with Crippen molar-refractivity contribution in [3.8, 4) is 0 Å². The highest BCUT2D eigenvalue weighted by atomic mass is 32.2. The van der Waals surface area contributed by atoms with E-state index in [4.69, 9.17) is 4.74 Å². The Balaban J connectivity index is 1.55. The summed E-state index contributed by atoms with van der Waals surface area (Å²) < 4.78 is 4.90. The molecular formula is C18H17N5O5S3. The Morgan fingerprint density at radius 3 is 2.81 bits per heavy atom. The molecule has 0 aliphatic carbocycles. The molecule has 2 atom stereocenters. The molecular weight excluding hydrogens is 462 g/mol. The quantitative estimate of drug-likeness (QED) is 0.465. The first-order valence-electron chi connectivity index (χ1n) is 9.08. The van der Waals surface area contributed by atoms with E-state index in [1.807, 2.05) is 17.5 Å². The lowest BCUT2D eigenvalue weighted by Gasteiger charge is -2.49. The molecule has 0 bridgehead atoms. The van der Waals surface area contributed by atoms with E-state index in [-0.39, 0.29) is 29.8 Å². The molecule has 3 amide bonds. The lowest BCUT2D eigenvalue weighted by atomic mass is 10.0. The van der Waals surface area contributed by atoms with Crippen molar-refractivity contribution < 1.29 is 23.9 Å². The summed E-state index contributed by atoms with van der Waals surface area (Å²) in [7, 11) is 1.23. The number of ether oxygens (including phenoxy) is 1. The summed E-state index contributed by atoms with van der Waals surface area (Å²) in [5.41, 5.74) is 0.587. The van der Waals surface area contributed by atoms with Gasteiger partial charge in [0, 0.05) is 23.1 Å². The highest BCUT2D eigenvalue weighted by Crippen LogP contribution is 2.44.